The van der Waals surface area contributed by atoms with Crippen LogP contribution in [-0.4, -0.2) is 22.5 Å². The Hall–Kier alpha value is -1.42. The first-order valence-electron chi connectivity index (χ1n) is 4.49. The lowest BCUT2D eigenvalue weighted by molar-refractivity contribution is 0.0697. The number of amidine groups is 1. The molecule has 0 amide bonds. The maximum absolute atomic E-state index is 10.9. The predicted molar refractivity (Wildman–Crippen MR) is 72.8 cm³/mol. The molecule has 0 saturated heterocycles. The fourth-order valence-electron chi connectivity index (χ4n) is 1.07. The van der Waals surface area contributed by atoms with Crippen LogP contribution in [0.5, 0.6) is 0 Å². The van der Waals surface area contributed by atoms with Gasteiger partial charge in [-0.1, -0.05) is 35.0 Å². The number of hydrogen-bond acceptors (Lipinski definition) is 4. The van der Waals surface area contributed by atoms with Crippen molar-refractivity contribution >= 4 is 51.8 Å². The lowest BCUT2D eigenvalue weighted by Gasteiger charge is -2.05. The molecular weight excluding hydrogens is 297 g/mol. The Kier molecular flexibility index (Phi) is 5.28. The normalized spacial score (nSPS) is 10.9. The van der Waals surface area contributed by atoms with Gasteiger partial charge in [0.1, 0.15) is 0 Å². The Morgan fingerprint density at radius 2 is 2.17 bits per heavy atom. The summed E-state index contributed by atoms with van der Waals surface area (Å²) in [6, 6.07) is 2.55. The quantitative estimate of drug-likeness (QED) is 0.379. The highest BCUT2D eigenvalue weighted by Crippen LogP contribution is 2.31. The van der Waals surface area contributed by atoms with Crippen LogP contribution in [0.15, 0.2) is 17.1 Å². The molecule has 0 aliphatic carbocycles. The zero-order valence-electron chi connectivity index (χ0n) is 9.07. The first-order chi connectivity index (χ1) is 8.49. The molecule has 8 heteroatoms. The largest absolute Gasteiger partial charge is 0.478 e. The molecule has 0 atom stereocenters. The molecule has 0 saturated carbocycles. The number of halogens is 2. The van der Waals surface area contributed by atoms with E-state index < -0.39 is 5.97 Å². The van der Waals surface area contributed by atoms with Crippen LogP contribution < -0.4 is 5.32 Å². The Morgan fingerprint density at radius 3 is 2.67 bits per heavy atom. The molecule has 94 valence electrons. The Labute approximate surface area is 117 Å². The summed E-state index contributed by atoms with van der Waals surface area (Å²) in [5.41, 5.74) is 0.128. The standard InChI is InChI=1S/C10H7Cl2N3O2S/c1-18-10(14-4-13)15-8-2-5(9(16)17)6(11)3-7(8)12/h2-3H,1H3,(H,14,15)(H,16,17). The first-order valence-corrected chi connectivity index (χ1v) is 6.47. The second kappa shape index (κ2) is 6.50. The minimum Gasteiger partial charge on any atom is -0.478 e. The molecule has 18 heavy (non-hydrogen) atoms. The van der Waals surface area contributed by atoms with Crippen molar-refractivity contribution < 1.29 is 9.90 Å². The molecule has 0 aromatic heterocycles. The summed E-state index contributed by atoms with van der Waals surface area (Å²) in [5, 5.41) is 20.3. The summed E-state index contributed by atoms with van der Waals surface area (Å²) in [6.07, 6.45) is 3.43. The van der Waals surface area contributed by atoms with Gasteiger partial charge in [-0.05, 0) is 18.4 Å². The highest BCUT2D eigenvalue weighted by atomic mass is 35.5. The smallest absolute Gasteiger partial charge is 0.337 e. The SMILES string of the molecule is CSC(=Nc1cc(C(=O)O)c(Cl)cc1Cl)NC#N. The van der Waals surface area contributed by atoms with E-state index in [9.17, 15) is 4.79 Å². The summed E-state index contributed by atoms with van der Waals surface area (Å²) in [6.45, 7) is 0. The molecule has 0 radical (unpaired) electrons. The van der Waals surface area contributed by atoms with Crippen molar-refractivity contribution in [3.8, 4) is 6.19 Å². The van der Waals surface area contributed by atoms with E-state index in [4.69, 9.17) is 33.6 Å². The van der Waals surface area contributed by atoms with Crippen LogP contribution >= 0.6 is 35.0 Å². The number of carboxylic acids is 1. The van der Waals surface area contributed by atoms with Crippen molar-refractivity contribution in [3.05, 3.63) is 27.7 Å². The van der Waals surface area contributed by atoms with Crippen molar-refractivity contribution in [2.45, 2.75) is 0 Å². The third-order valence-corrected chi connectivity index (χ3v) is 3.04. The van der Waals surface area contributed by atoms with Gasteiger partial charge in [0, 0.05) is 0 Å². The summed E-state index contributed by atoms with van der Waals surface area (Å²) in [7, 11) is 0. The van der Waals surface area contributed by atoms with Crippen LogP contribution in [0.4, 0.5) is 5.69 Å². The van der Waals surface area contributed by atoms with Crippen LogP contribution in [0.2, 0.25) is 10.0 Å². The number of rotatable bonds is 2. The molecule has 2 N–H and O–H groups in total. The van der Waals surface area contributed by atoms with E-state index in [1.54, 1.807) is 12.4 Å². The van der Waals surface area contributed by atoms with Gasteiger partial charge in [0.25, 0.3) is 0 Å². The number of carboxylic acid groups (broad SMARTS) is 1. The number of nitrogens with zero attached hydrogens (tertiary/aromatic N) is 2. The maximum Gasteiger partial charge on any atom is 0.337 e. The number of carbonyl (C=O) groups is 1. The van der Waals surface area contributed by atoms with E-state index in [0.29, 0.717) is 5.17 Å². The van der Waals surface area contributed by atoms with Gasteiger partial charge >= 0.3 is 5.97 Å². The zero-order chi connectivity index (χ0) is 13.7. The molecule has 0 heterocycles. The molecule has 1 aromatic rings. The molecular formula is C10H7Cl2N3O2S. The van der Waals surface area contributed by atoms with Gasteiger partial charge in [-0.2, -0.15) is 5.26 Å². The van der Waals surface area contributed by atoms with E-state index >= 15 is 0 Å². The third kappa shape index (κ3) is 3.53. The topological polar surface area (TPSA) is 85.5 Å². The zero-order valence-corrected chi connectivity index (χ0v) is 11.4. The minimum atomic E-state index is -1.17. The molecule has 0 bridgehead atoms. The molecule has 1 aromatic carbocycles. The van der Waals surface area contributed by atoms with E-state index in [2.05, 4.69) is 10.3 Å². The van der Waals surface area contributed by atoms with Crippen molar-refractivity contribution in [1.29, 1.82) is 5.26 Å². The number of nitriles is 1. The highest BCUT2D eigenvalue weighted by Gasteiger charge is 2.13. The van der Waals surface area contributed by atoms with Crippen LogP contribution in [0.25, 0.3) is 0 Å². The van der Waals surface area contributed by atoms with Gasteiger partial charge in [-0.25, -0.2) is 9.79 Å². The van der Waals surface area contributed by atoms with E-state index in [0.717, 1.165) is 0 Å². The number of aliphatic imine (C=N–C) groups is 1. The third-order valence-electron chi connectivity index (χ3n) is 1.85. The van der Waals surface area contributed by atoms with Gasteiger partial charge < -0.3 is 5.11 Å². The van der Waals surface area contributed by atoms with Crippen molar-refractivity contribution in [2.75, 3.05) is 6.26 Å². The number of benzene rings is 1. The molecule has 0 fully saturated rings. The number of nitrogens with one attached hydrogen (secondary N) is 1. The van der Waals surface area contributed by atoms with Crippen LogP contribution in [0.1, 0.15) is 10.4 Å². The van der Waals surface area contributed by atoms with Gasteiger partial charge in [-0.3, -0.25) is 5.32 Å². The summed E-state index contributed by atoms with van der Waals surface area (Å²) < 4.78 is 0. The molecule has 0 aliphatic rings. The molecule has 1 rings (SSSR count). The average molecular weight is 304 g/mol. The Morgan fingerprint density at radius 1 is 1.50 bits per heavy atom. The van der Waals surface area contributed by atoms with Crippen LogP contribution in [0, 0.1) is 11.5 Å². The second-order valence-corrected chi connectivity index (χ2v) is 4.56. The van der Waals surface area contributed by atoms with Crippen molar-refractivity contribution in [3.63, 3.8) is 0 Å². The summed E-state index contributed by atoms with van der Waals surface area (Å²) in [5.74, 6) is -1.17. The molecule has 5 nitrogen and oxygen atoms in total. The lowest BCUT2D eigenvalue weighted by atomic mass is 10.2. The summed E-state index contributed by atoms with van der Waals surface area (Å²) >= 11 is 12.8. The fourth-order valence-corrected chi connectivity index (χ4v) is 1.91. The minimum absolute atomic E-state index is 0.0328. The van der Waals surface area contributed by atoms with E-state index in [-0.39, 0.29) is 21.3 Å². The van der Waals surface area contributed by atoms with Crippen molar-refractivity contribution in [2.24, 2.45) is 4.99 Å². The van der Waals surface area contributed by atoms with Gasteiger partial charge in [0.15, 0.2) is 11.4 Å². The van der Waals surface area contributed by atoms with Gasteiger partial charge in [0.2, 0.25) is 0 Å². The van der Waals surface area contributed by atoms with Gasteiger partial charge in [0.05, 0.1) is 21.3 Å². The predicted octanol–water partition coefficient (Wildman–Crippen LogP) is 3.11. The Bertz CT molecular complexity index is 555. The number of thioether (sulfide) groups is 1. The first kappa shape index (κ1) is 14.6. The fraction of sp³-hybridized carbons (Fsp3) is 0.100. The van der Waals surface area contributed by atoms with E-state index in [1.807, 2.05) is 0 Å². The number of hydrogen-bond donors (Lipinski definition) is 2. The monoisotopic (exact) mass is 303 g/mol. The lowest BCUT2D eigenvalue weighted by Crippen LogP contribution is -2.12. The summed E-state index contributed by atoms with van der Waals surface area (Å²) in [4.78, 5) is 15.0. The van der Waals surface area contributed by atoms with Crippen LogP contribution in [0.3, 0.4) is 0 Å². The average Bonchev–Trinajstić information content (AvgIpc) is 2.31. The van der Waals surface area contributed by atoms with Crippen molar-refractivity contribution in [1.82, 2.24) is 5.32 Å². The number of aromatic carboxylic acids is 1. The second-order valence-electron chi connectivity index (χ2n) is 2.95. The molecule has 0 aliphatic heterocycles. The maximum atomic E-state index is 10.9. The van der Waals surface area contributed by atoms with E-state index in [1.165, 1.54) is 23.9 Å². The molecule has 0 unspecified atom stereocenters. The Balaban J connectivity index is 3.29. The molecule has 0 spiro atoms. The van der Waals surface area contributed by atoms with Gasteiger partial charge in [-0.15, -0.1) is 0 Å². The highest BCUT2D eigenvalue weighted by molar-refractivity contribution is 8.13. The van der Waals surface area contributed by atoms with Crippen LogP contribution in [-0.2, 0) is 0 Å².